The summed E-state index contributed by atoms with van der Waals surface area (Å²) in [5.41, 5.74) is 0.988. The van der Waals surface area contributed by atoms with Crippen molar-refractivity contribution in [3.8, 4) is 0 Å². The molecule has 0 bridgehead atoms. The Morgan fingerprint density at radius 1 is 1.21 bits per heavy atom. The first-order chi connectivity index (χ1) is 6.61. The summed E-state index contributed by atoms with van der Waals surface area (Å²) in [6, 6.07) is 9.38. The second-order valence-electron chi connectivity index (χ2n) is 3.16. The number of carbonyl (C=O) groups is 2. The Morgan fingerprint density at radius 3 is 2.29 bits per heavy atom. The molecule has 3 nitrogen and oxygen atoms in total. The van der Waals surface area contributed by atoms with E-state index in [0.29, 0.717) is 0 Å². The fourth-order valence-corrected chi connectivity index (χ4v) is 1.12. The number of hydrogen-bond donors (Lipinski definition) is 1. The molecule has 1 N–H and O–H groups in total. The van der Waals surface area contributed by atoms with E-state index in [1.165, 1.54) is 6.92 Å². The standard InChI is InChI=1S/C11H13NO2/c1-8(12-11(14)9(2)13)10-6-4-3-5-7-10/h3-8H,1-2H3,(H,12,14). The maximum Gasteiger partial charge on any atom is 0.287 e. The largest absolute Gasteiger partial charge is 0.343 e. The molecule has 1 aromatic rings. The van der Waals surface area contributed by atoms with Crippen molar-refractivity contribution in [2.45, 2.75) is 19.9 Å². The zero-order valence-electron chi connectivity index (χ0n) is 8.28. The van der Waals surface area contributed by atoms with Crippen LogP contribution in [0.2, 0.25) is 0 Å². The van der Waals surface area contributed by atoms with Gasteiger partial charge in [0.05, 0.1) is 6.04 Å². The molecule has 0 saturated heterocycles. The maximum absolute atomic E-state index is 11.1. The summed E-state index contributed by atoms with van der Waals surface area (Å²) in [6.07, 6.45) is 0. The Balaban J connectivity index is 2.64. The van der Waals surface area contributed by atoms with Crippen molar-refractivity contribution >= 4 is 11.7 Å². The van der Waals surface area contributed by atoms with Crippen LogP contribution in [0.1, 0.15) is 25.5 Å². The Kier molecular flexibility index (Phi) is 3.40. The second kappa shape index (κ2) is 4.56. The summed E-state index contributed by atoms with van der Waals surface area (Å²) in [6.45, 7) is 3.10. The van der Waals surface area contributed by atoms with Gasteiger partial charge in [0.15, 0.2) is 0 Å². The van der Waals surface area contributed by atoms with Crippen LogP contribution in [-0.2, 0) is 9.59 Å². The van der Waals surface area contributed by atoms with Gasteiger partial charge in [-0.2, -0.15) is 0 Å². The number of benzene rings is 1. The Morgan fingerprint density at radius 2 is 1.79 bits per heavy atom. The van der Waals surface area contributed by atoms with Gasteiger partial charge in [0, 0.05) is 6.92 Å². The molecular formula is C11H13NO2. The minimum atomic E-state index is -0.540. The SMILES string of the molecule is CC(=O)C(=O)NC(C)c1ccccc1. The highest BCUT2D eigenvalue weighted by Crippen LogP contribution is 2.10. The van der Waals surface area contributed by atoms with Crippen LogP contribution in [0.3, 0.4) is 0 Å². The number of rotatable bonds is 3. The molecule has 0 aromatic heterocycles. The van der Waals surface area contributed by atoms with Gasteiger partial charge in [-0.25, -0.2) is 0 Å². The van der Waals surface area contributed by atoms with Gasteiger partial charge in [-0.1, -0.05) is 30.3 Å². The van der Waals surface area contributed by atoms with Crippen molar-refractivity contribution in [2.75, 3.05) is 0 Å². The normalized spacial score (nSPS) is 11.9. The zero-order valence-corrected chi connectivity index (χ0v) is 8.28. The van der Waals surface area contributed by atoms with Crippen LogP contribution in [0.5, 0.6) is 0 Å². The second-order valence-corrected chi connectivity index (χ2v) is 3.16. The lowest BCUT2D eigenvalue weighted by atomic mass is 10.1. The Hall–Kier alpha value is -1.64. The van der Waals surface area contributed by atoms with Crippen molar-refractivity contribution in [2.24, 2.45) is 0 Å². The van der Waals surface area contributed by atoms with Gasteiger partial charge in [-0.15, -0.1) is 0 Å². The van der Waals surface area contributed by atoms with Crippen LogP contribution in [0, 0.1) is 0 Å². The molecule has 0 aliphatic rings. The van der Waals surface area contributed by atoms with Crippen molar-refractivity contribution in [1.82, 2.24) is 5.32 Å². The molecule has 1 aromatic carbocycles. The average molecular weight is 191 g/mol. The van der Waals surface area contributed by atoms with E-state index in [4.69, 9.17) is 0 Å². The van der Waals surface area contributed by atoms with Crippen molar-refractivity contribution in [3.63, 3.8) is 0 Å². The third-order valence-corrected chi connectivity index (χ3v) is 1.97. The molecule has 1 unspecified atom stereocenters. The molecule has 0 saturated carbocycles. The van der Waals surface area contributed by atoms with E-state index in [0.717, 1.165) is 5.56 Å². The van der Waals surface area contributed by atoms with E-state index in [2.05, 4.69) is 5.32 Å². The third-order valence-electron chi connectivity index (χ3n) is 1.97. The average Bonchev–Trinajstić information content (AvgIpc) is 2.19. The molecule has 1 atom stereocenters. The summed E-state index contributed by atoms with van der Waals surface area (Å²) in [7, 11) is 0. The van der Waals surface area contributed by atoms with E-state index in [9.17, 15) is 9.59 Å². The highest BCUT2D eigenvalue weighted by molar-refractivity contribution is 6.35. The Labute approximate surface area is 83.1 Å². The number of ketones is 1. The topological polar surface area (TPSA) is 46.2 Å². The fourth-order valence-electron chi connectivity index (χ4n) is 1.12. The first kappa shape index (κ1) is 10.4. The van der Waals surface area contributed by atoms with Crippen LogP contribution in [0.15, 0.2) is 30.3 Å². The summed E-state index contributed by atoms with van der Waals surface area (Å²) < 4.78 is 0. The molecule has 0 heterocycles. The lowest BCUT2D eigenvalue weighted by Gasteiger charge is -2.12. The predicted octanol–water partition coefficient (Wildman–Crippen LogP) is 1.45. The van der Waals surface area contributed by atoms with Gasteiger partial charge in [0.2, 0.25) is 5.78 Å². The summed E-state index contributed by atoms with van der Waals surface area (Å²) in [5, 5.41) is 2.61. The van der Waals surface area contributed by atoms with E-state index in [-0.39, 0.29) is 6.04 Å². The summed E-state index contributed by atoms with van der Waals surface area (Å²) in [5.74, 6) is -1.01. The van der Waals surface area contributed by atoms with Crippen LogP contribution in [0.25, 0.3) is 0 Å². The highest BCUT2D eigenvalue weighted by Gasteiger charge is 2.11. The lowest BCUT2D eigenvalue weighted by molar-refractivity contribution is -0.137. The van der Waals surface area contributed by atoms with E-state index in [1.807, 2.05) is 37.3 Å². The smallest absolute Gasteiger partial charge is 0.287 e. The molecule has 1 rings (SSSR count). The van der Waals surface area contributed by atoms with Crippen LogP contribution in [0.4, 0.5) is 0 Å². The van der Waals surface area contributed by atoms with Gasteiger partial charge in [-0.3, -0.25) is 9.59 Å². The minimum absolute atomic E-state index is 0.132. The number of hydrogen-bond acceptors (Lipinski definition) is 2. The minimum Gasteiger partial charge on any atom is -0.343 e. The lowest BCUT2D eigenvalue weighted by Crippen LogP contribution is -2.31. The number of nitrogens with one attached hydrogen (secondary N) is 1. The molecule has 0 spiro atoms. The van der Waals surface area contributed by atoms with E-state index in [1.54, 1.807) is 0 Å². The zero-order chi connectivity index (χ0) is 10.6. The van der Waals surface area contributed by atoms with Gasteiger partial charge in [0.1, 0.15) is 0 Å². The van der Waals surface area contributed by atoms with Gasteiger partial charge >= 0.3 is 0 Å². The summed E-state index contributed by atoms with van der Waals surface area (Å²) >= 11 is 0. The monoisotopic (exact) mass is 191 g/mol. The first-order valence-corrected chi connectivity index (χ1v) is 4.47. The fraction of sp³-hybridized carbons (Fsp3) is 0.273. The quantitative estimate of drug-likeness (QED) is 0.735. The van der Waals surface area contributed by atoms with Crippen LogP contribution < -0.4 is 5.32 Å². The molecule has 74 valence electrons. The van der Waals surface area contributed by atoms with Gasteiger partial charge in [0.25, 0.3) is 5.91 Å². The van der Waals surface area contributed by atoms with Crippen LogP contribution in [-0.4, -0.2) is 11.7 Å². The van der Waals surface area contributed by atoms with Crippen molar-refractivity contribution in [1.29, 1.82) is 0 Å². The summed E-state index contributed by atoms with van der Waals surface area (Å²) in [4.78, 5) is 21.8. The molecule has 0 aliphatic carbocycles. The van der Waals surface area contributed by atoms with Gasteiger partial charge in [-0.05, 0) is 12.5 Å². The van der Waals surface area contributed by atoms with Crippen LogP contribution >= 0.6 is 0 Å². The molecule has 3 heteroatoms. The Bertz CT molecular complexity index is 332. The highest BCUT2D eigenvalue weighted by atomic mass is 16.2. The van der Waals surface area contributed by atoms with Crippen molar-refractivity contribution < 1.29 is 9.59 Å². The molecule has 0 aliphatic heterocycles. The third kappa shape index (κ3) is 2.69. The van der Waals surface area contributed by atoms with Crippen molar-refractivity contribution in [3.05, 3.63) is 35.9 Å². The van der Waals surface area contributed by atoms with Gasteiger partial charge < -0.3 is 5.32 Å². The molecule has 1 amide bonds. The molecule has 0 radical (unpaired) electrons. The number of carbonyl (C=O) groups excluding carboxylic acids is 2. The number of Topliss-reactive ketones (excluding diaryl/α,β-unsaturated/α-hetero) is 1. The van der Waals surface area contributed by atoms with E-state index >= 15 is 0 Å². The predicted molar refractivity (Wildman–Crippen MR) is 53.7 cm³/mol. The van der Waals surface area contributed by atoms with E-state index < -0.39 is 11.7 Å². The maximum atomic E-state index is 11.1. The number of amides is 1. The molecule has 14 heavy (non-hydrogen) atoms. The molecular weight excluding hydrogens is 178 g/mol. The molecule has 0 fully saturated rings. The first-order valence-electron chi connectivity index (χ1n) is 4.47.